The van der Waals surface area contributed by atoms with Crippen molar-refractivity contribution in [2.75, 3.05) is 32.8 Å². The first-order chi connectivity index (χ1) is 6.34. The van der Waals surface area contributed by atoms with Gasteiger partial charge in [0.25, 0.3) is 0 Å². The third-order valence-electron chi connectivity index (χ3n) is 2.22. The summed E-state index contributed by atoms with van der Waals surface area (Å²) in [5, 5.41) is 5.28. The van der Waals surface area contributed by atoms with Gasteiger partial charge in [-0.25, -0.2) is 0 Å². The largest absolute Gasteiger partial charge is 0.392 e. The van der Waals surface area contributed by atoms with Crippen LogP contribution in [0.15, 0.2) is 12.0 Å². The first-order valence-electron chi connectivity index (χ1n) is 4.65. The second-order valence-corrected chi connectivity index (χ2v) is 3.41. The molecule has 5 nitrogen and oxygen atoms in total. The maximum Gasteiger partial charge on any atom is 0.141 e. The van der Waals surface area contributed by atoms with Gasteiger partial charge in [0.15, 0.2) is 0 Å². The molecule has 0 aromatic heterocycles. The van der Waals surface area contributed by atoms with Crippen molar-refractivity contribution >= 4 is 0 Å². The lowest BCUT2D eigenvalue weighted by Crippen LogP contribution is -2.48. The average molecular weight is 184 g/mol. The van der Waals surface area contributed by atoms with Crippen LogP contribution in [0.4, 0.5) is 0 Å². The zero-order valence-electron chi connectivity index (χ0n) is 7.92. The number of rotatable bonds is 2. The Morgan fingerprint density at radius 2 is 2.23 bits per heavy atom. The molecule has 0 aromatic carbocycles. The molecule has 1 saturated heterocycles. The van der Waals surface area contributed by atoms with Crippen molar-refractivity contribution in [3.63, 3.8) is 0 Å². The molecule has 0 radical (unpaired) electrons. The third-order valence-corrected chi connectivity index (χ3v) is 2.22. The van der Waals surface area contributed by atoms with Crippen molar-refractivity contribution in [3.05, 3.63) is 12.0 Å². The summed E-state index contributed by atoms with van der Waals surface area (Å²) in [6, 6.07) is 0. The molecule has 0 spiro atoms. The SMILES string of the molecule is CC1=CN(CN2CCNCC2)NO1. The highest BCUT2D eigenvalue weighted by molar-refractivity contribution is 4.90. The quantitative estimate of drug-likeness (QED) is 0.603. The Kier molecular flexibility index (Phi) is 2.68. The average Bonchev–Trinajstić information content (AvgIpc) is 2.53. The smallest absolute Gasteiger partial charge is 0.141 e. The molecule has 0 amide bonds. The summed E-state index contributed by atoms with van der Waals surface area (Å²) in [4.78, 5) is 7.48. The molecule has 0 atom stereocenters. The molecule has 0 aliphatic carbocycles. The van der Waals surface area contributed by atoms with Crippen LogP contribution >= 0.6 is 0 Å². The van der Waals surface area contributed by atoms with Gasteiger partial charge in [0.2, 0.25) is 0 Å². The molecule has 2 heterocycles. The van der Waals surface area contributed by atoms with Gasteiger partial charge < -0.3 is 10.2 Å². The summed E-state index contributed by atoms with van der Waals surface area (Å²) < 4.78 is 0. The topological polar surface area (TPSA) is 39.8 Å². The van der Waals surface area contributed by atoms with Crippen LogP contribution in [0, 0.1) is 0 Å². The zero-order valence-corrected chi connectivity index (χ0v) is 7.92. The maximum absolute atomic E-state index is 5.10. The number of piperazine rings is 1. The van der Waals surface area contributed by atoms with Crippen molar-refractivity contribution < 1.29 is 4.84 Å². The van der Waals surface area contributed by atoms with Crippen molar-refractivity contribution in [3.8, 4) is 0 Å². The van der Waals surface area contributed by atoms with Crippen molar-refractivity contribution in [1.29, 1.82) is 0 Å². The van der Waals surface area contributed by atoms with Gasteiger partial charge in [-0.05, 0) is 6.92 Å². The van der Waals surface area contributed by atoms with Gasteiger partial charge in [0.05, 0.1) is 12.9 Å². The fourth-order valence-corrected chi connectivity index (χ4v) is 1.54. The predicted octanol–water partition coefficient (Wildman–Crippen LogP) is -0.538. The van der Waals surface area contributed by atoms with E-state index in [1.54, 1.807) is 0 Å². The van der Waals surface area contributed by atoms with Gasteiger partial charge in [0, 0.05) is 26.2 Å². The normalized spacial score (nSPS) is 24.4. The Morgan fingerprint density at radius 3 is 2.85 bits per heavy atom. The fraction of sp³-hybridized carbons (Fsp3) is 0.750. The molecule has 0 unspecified atom stereocenters. The number of hydrogen-bond donors (Lipinski definition) is 2. The van der Waals surface area contributed by atoms with Gasteiger partial charge in [-0.1, -0.05) is 5.59 Å². The van der Waals surface area contributed by atoms with Crippen molar-refractivity contribution in [2.45, 2.75) is 6.92 Å². The van der Waals surface area contributed by atoms with Gasteiger partial charge in [-0.15, -0.1) is 0 Å². The summed E-state index contributed by atoms with van der Waals surface area (Å²) in [6.07, 6.45) is 1.97. The minimum atomic E-state index is 0.888. The highest BCUT2D eigenvalue weighted by atomic mass is 16.7. The predicted molar refractivity (Wildman–Crippen MR) is 49.1 cm³/mol. The van der Waals surface area contributed by atoms with Crippen LogP contribution in [0.2, 0.25) is 0 Å². The van der Waals surface area contributed by atoms with E-state index in [-0.39, 0.29) is 0 Å². The van der Waals surface area contributed by atoms with E-state index in [0.29, 0.717) is 0 Å². The minimum absolute atomic E-state index is 0.888. The van der Waals surface area contributed by atoms with Gasteiger partial charge in [0.1, 0.15) is 5.76 Å². The van der Waals surface area contributed by atoms with Crippen LogP contribution in [0.3, 0.4) is 0 Å². The van der Waals surface area contributed by atoms with Crippen LogP contribution in [-0.4, -0.2) is 42.8 Å². The van der Waals surface area contributed by atoms with Gasteiger partial charge in [-0.2, -0.15) is 0 Å². The van der Waals surface area contributed by atoms with E-state index < -0.39 is 0 Å². The van der Waals surface area contributed by atoms with E-state index in [0.717, 1.165) is 38.6 Å². The highest BCUT2D eigenvalue weighted by Gasteiger charge is 2.15. The molecular weight excluding hydrogens is 168 g/mol. The van der Waals surface area contributed by atoms with Crippen molar-refractivity contribution in [2.24, 2.45) is 0 Å². The number of hydrazine groups is 1. The van der Waals surface area contributed by atoms with E-state index in [9.17, 15) is 0 Å². The second kappa shape index (κ2) is 3.95. The zero-order chi connectivity index (χ0) is 9.10. The van der Waals surface area contributed by atoms with E-state index in [2.05, 4.69) is 15.8 Å². The molecule has 2 rings (SSSR count). The van der Waals surface area contributed by atoms with Crippen LogP contribution in [-0.2, 0) is 4.84 Å². The summed E-state index contributed by atoms with van der Waals surface area (Å²) in [7, 11) is 0. The van der Waals surface area contributed by atoms with Gasteiger partial charge >= 0.3 is 0 Å². The van der Waals surface area contributed by atoms with Crippen LogP contribution < -0.4 is 10.9 Å². The van der Waals surface area contributed by atoms with Crippen molar-refractivity contribution in [1.82, 2.24) is 20.8 Å². The Hall–Kier alpha value is -0.780. The molecule has 2 aliphatic heterocycles. The molecule has 0 aromatic rings. The van der Waals surface area contributed by atoms with E-state index >= 15 is 0 Å². The summed E-state index contributed by atoms with van der Waals surface area (Å²) >= 11 is 0. The molecule has 0 bridgehead atoms. The first kappa shape index (κ1) is 8.80. The molecule has 74 valence electrons. The first-order valence-corrected chi connectivity index (χ1v) is 4.65. The number of nitrogens with one attached hydrogen (secondary N) is 2. The number of allylic oxidation sites excluding steroid dienone is 1. The van der Waals surface area contributed by atoms with Gasteiger partial charge in [-0.3, -0.25) is 9.91 Å². The second-order valence-electron chi connectivity index (χ2n) is 3.41. The molecule has 2 N–H and O–H groups in total. The summed E-state index contributed by atoms with van der Waals surface area (Å²) in [6.45, 7) is 7.19. The van der Waals surface area contributed by atoms with E-state index in [4.69, 9.17) is 4.84 Å². The van der Waals surface area contributed by atoms with Crippen LogP contribution in [0.1, 0.15) is 6.92 Å². The molecule has 13 heavy (non-hydrogen) atoms. The summed E-state index contributed by atoms with van der Waals surface area (Å²) in [5.41, 5.74) is 2.83. The number of nitrogens with zero attached hydrogens (tertiary/aromatic N) is 2. The van der Waals surface area contributed by atoms with E-state index in [1.807, 2.05) is 18.1 Å². The highest BCUT2D eigenvalue weighted by Crippen LogP contribution is 2.05. The summed E-state index contributed by atoms with van der Waals surface area (Å²) in [5.74, 6) is 0.912. The lowest BCUT2D eigenvalue weighted by atomic mass is 10.4. The molecular formula is C8H16N4O. The Labute approximate surface area is 78.2 Å². The maximum atomic E-state index is 5.10. The Bertz CT molecular complexity index is 200. The standard InChI is InChI=1S/C8H16N4O/c1-8-6-12(10-13-8)7-11-4-2-9-3-5-11/h6,9-10H,2-5,7H2,1H3. The molecule has 5 heteroatoms. The Morgan fingerprint density at radius 1 is 1.46 bits per heavy atom. The molecule has 0 saturated carbocycles. The monoisotopic (exact) mass is 184 g/mol. The molecule has 2 aliphatic rings. The minimum Gasteiger partial charge on any atom is -0.392 e. The molecule has 1 fully saturated rings. The number of hydrogen-bond acceptors (Lipinski definition) is 5. The van der Waals surface area contributed by atoms with Crippen LogP contribution in [0.25, 0.3) is 0 Å². The Balaban J connectivity index is 1.77. The third kappa shape index (κ3) is 2.33. The van der Waals surface area contributed by atoms with Crippen LogP contribution in [0.5, 0.6) is 0 Å². The lowest BCUT2D eigenvalue weighted by molar-refractivity contribution is -0.00869. The lowest BCUT2D eigenvalue weighted by Gasteiger charge is -2.29. The fourth-order valence-electron chi connectivity index (χ4n) is 1.54. The van der Waals surface area contributed by atoms with E-state index in [1.165, 1.54) is 0 Å².